The van der Waals surface area contributed by atoms with Crippen molar-refractivity contribution in [3.05, 3.63) is 67.2 Å². The Morgan fingerprint density at radius 1 is 1.25 bits per heavy atom. The summed E-state index contributed by atoms with van der Waals surface area (Å²) in [6.07, 6.45) is 0. The summed E-state index contributed by atoms with van der Waals surface area (Å²) in [5, 5.41) is -0.564. The molecule has 106 valence electrons. The van der Waals surface area contributed by atoms with Gasteiger partial charge in [-0.25, -0.2) is 4.79 Å². The number of rotatable bonds is 3. The highest BCUT2D eigenvalue weighted by Crippen LogP contribution is 2.14. The van der Waals surface area contributed by atoms with Crippen molar-refractivity contribution >= 4 is 11.6 Å². The molecule has 0 unspecified atom stereocenters. The minimum absolute atomic E-state index is 0.000626. The van der Waals surface area contributed by atoms with Crippen molar-refractivity contribution in [1.82, 2.24) is 9.55 Å². The van der Waals surface area contributed by atoms with Crippen LogP contribution in [-0.2, 0) is 6.54 Å². The molecule has 0 aliphatic heterocycles. The van der Waals surface area contributed by atoms with Crippen LogP contribution in [0.1, 0.15) is 30.9 Å². The van der Waals surface area contributed by atoms with Gasteiger partial charge in [0.2, 0.25) is 5.82 Å². The summed E-state index contributed by atoms with van der Waals surface area (Å²) in [5.74, 6) is -0.756. The molecule has 0 atom stereocenters. The van der Waals surface area contributed by atoms with Crippen molar-refractivity contribution < 1.29 is 4.39 Å². The SMILES string of the molecule is CC(C)c1ccc(Cn2c(=O)[nH]c(Cl)c(F)c2=O)cc1. The highest BCUT2D eigenvalue weighted by Gasteiger charge is 2.12. The maximum absolute atomic E-state index is 13.4. The Morgan fingerprint density at radius 2 is 1.85 bits per heavy atom. The van der Waals surface area contributed by atoms with Gasteiger partial charge in [-0.05, 0) is 17.0 Å². The topological polar surface area (TPSA) is 54.9 Å². The number of nitrogens with one attached hydrogen (secondary N) is 1. The largest absolute Gasteiger partial charge is 0.329 e. The van der Waals surface area contributed by atoms with E-state index in [9.17, 15) is 14.0 Å². The molecule has 20 heavy (non-hydrogen) atoms. The van der Waals surface area contributed by atoms with Gasteiger partial charge >= 0.3 is 5.69 Å². The van der Waals surface area contributed by atoms with E-state index in [1.807, 2.05) is 24.3 Å². The van der Waals surface area contributed by atoms with Crippen molar-refractivity contribution in [1.29, 1.82) is 0 Å². The van der Waals surface area contributed by atoms with Crippen LogP contribution in [0.3, 0.4) is 0 Å². The van der Waals surface area contributed by atoms with E-state index < -0.39 is 22.2 Å². The van der Waals surface area contributed by atoms with E-state index in [2.05, 4.69) is 18.8 Å². The molecule has 1 aromatic carbocycles. The van der Waals surface area contributed by atoms with Crippen molar-refractivity contribution in [2.75, 3.05) is 0 Å². The average Bonchev–Trinajstić information content (AvgIpc) is 2.42. The molecule has 0 radical (unpaired) electrons. The maximum Gasteiger partial charge on any atom is 0.329 e. The lowest BCUT2D eigenvalue weighted by molar-refractivity contribution is 0.558. The number of hydrogen-bond donors (Lipinski definition) is 1. The first-order valence-electron chi connectivity index (χ1n) is 6.17. The minimum atomic E-state index is -1.15. The Morgan fingerprint density at radius 3 is 2.40 bits per heavy atom. The van der Waals surface area contributed by atoms with Gasteiger partial charge in [0.25, 0.3) is 5.56 Å². The van der Waals surface area contributed by atoms with Crippen molar-refractivity contribution in [2.24, 2.45) is 0 Å². The second kappa shape index (κ2) is 5.63. The van der Waals surface area contributed by atoms with Gasteiger partial charge in [-0.3, -0.25) is 14.3 Å². The van der Waals surface area contributed by atoms with E-state index in [1.54, 1.807) is 0 Å². The van der Waals surface area contributed by atoms with Crippen LogP contribution in [-0.4, -0.2) is 9.55 Å². The van der Waals surface area contributed by atoms with Gasteiger partial charge in [0.05, 0.1) is 6.54 Å². The monoisotopic (exact) mass is 296 g/mol. The Balaban J connectivity index is 2.38. The second-order valence-corrected chi connectivity index (χ2v) is 5.22. The highest BCUT2D eigenvalue weighted by molar-refractivity contribution is 6.29. The Bertz CT molecular complexity index is 732. The lowest BCUT2D eigenvalue weighted by Crippen LogP contribution is -2.37. The molecule has 1 N–H and O–H groups in total. The lowest BCUT2D eigenvalue weighted by atomic mass is 10.0. The summed E-state index contributed by atoms with van der Waals surface area (Å²) in [6.45, 7) is 4.14. The van der Waals surface area contributed by atoms with Crippen LogP contribution in [0.4, 0.5) is 4.39 Å². The van der Waals surface area contributed by atoms with Crippen LogP contribution in [0, 0.1) is 5.82 Å². The quantitative estimate of drug-likeness (QED) is 0.885. The number of benzene rings is 1. The van der Waals surface area contributed by atoms with E-state index in [4.69, 9.17) is 11.6 Å². The van der Waals surface area contributed by atoms with Crippen LogP contribution in [0.2, 0.25) is 5.15 Å². The van der Waals surface area contributed by atoms with E-state index in [-0.39, 0.29) is 6.54 Å². The fourth-order valence-corrected chi connectivity index (χ4v) is 2.02. The fourth-order valence-electron chi connectivity index (χ4n) is 1.85. The summed E-state index contributed by atoms with van der Waals surface area (Å²) in [4.78, 5) is 25.4. The van der Waals surface area contributed by atoms with E-state index in [0.717, 1.165) is 15.7 Å². The predicted octanol–water partition coefficient (Wildman–Crippen LogP) is 2.50. The summed E-state index contributed by atoms with van der Waals surface area (Å²) in [6, 6.07) is 7.47. The summed E-state index contributed by atoms with van der Waals surface area (Å²) in [5.41, 5.74) is 0.141. The van der Waals surface area contributed by atoms with E-state index >= 15 is 0 Å². The molecule has 1 heterocycles. The average molecular weight is 297 g/mol. The number of aromatic nitrogens is 2. The first kappa shape index (κ1) is 14.5. The van der Waals surface area contributed by atoms with Gasteiger partial charge in [-0.2, -0.15) is 4.39 Å². The Hall–Kier alpha value is -1.88. The lowest BCUT2D eigenvalue weighted by Gasteiger charge is -2.08. The predicted molar refractivity (Wildman–Crippen MR) is 75.9 cm³/mol. The minimum Gasteiger partial charge on any atom is -0.295 e. The van der Waals surface area contributed by atoms with Crippen molar-refractivity contribution in [3.8, 4) is 0 Å². The van der Waals surface area contributed by atoms with E-state index in [0.29, 0.717) is 5.92 Å². The van der Waals surface area contributed by atoms with Crippen molar-refractivity contribution in [2.45, 2.75) is 26.3 Å². The molecule has 0 aliphatic carbocycles. The molecule has 0 amide bonds. The van der Waals surface area contributed by atoms with Gasteiger partial charge in [-0.1, -0.05) is 49.7 Å². The zero-order chi connectivity index (χ0) is 14.9. The van der Waals surface area contributed by atoms with Crippen LogP contribution < -0.4 is 11.2 Å². The third-order valence-electron chi connectivity index (χ3n) is 3.07. The number of nitrogens with zero attached hydrogens (tertiary/aromatic N) is 1. The fraction of sp³-hybridized carbons (Fsp3) is 0.286. The molecule has 0 bridgehead atoms. The molecule has 1 aromatic heterocycles. The number of hydrogen-bond acceptors (Lipinski definition) is 2. The molecule has 0 spiro atoms. The highest BCUT2D eigenvalue weighted by atomic mass is 35.5. The normalized spacial score (nSPS) is 11.1. The van der Waals surface area contributed by atoms with E-state index in [1.165, 1.54) is 0 Å². The molecule has 0 aliphatic rings. The molecular formula is C14H14ClFN2O2. The van der Waals surface area contributed by atoms with Gasteiger partial charge in [-0.15, -0.1) is 0 Å². The molecule has 6 heteroatoms. The zero-order valence-electron chi connectivity index (χ0n) is 11.1. The molecule has 0 saturated carbocycles. The van der Waals surface area contributed by atoms with Crippen molar-refractivity contribution in [3.63, 3.8) is 0 Å². The van der Waals surface area contributed by atoms with Gasteiger partial charge in [0.1, 0.15) is 0 Å². The molecule has 4 nitrogen and oxygen atoms in total. The van der Waals surface area contributed by atoms with Crippen LogP contribution in [0.15, 0.2) is 33.9 Å². The standard InChI is InChI=1S/C14H14ClFN2O2/c1-8(2)10-5-3-9(4-6-10)7-18-13(19)11(16)12(15)17-14(18)20/h3-6,8H,7H2,1-2H3,(H,17,20). The smallest absolute Gasteiger partial charge is 0.295 e. The number of aromatic amines is 1. The number of H-pyrrole nitrogens is 1. The third kappa shape index (κ3) is 2.82. The first-order valence-corrected chi connectivity index (χ1v) is 6.55. The molecule has 2 aromatic rings. The molecule has 0 saturated heterocycles. The Labute approximate surface area is 119 Å². The summed E-state index contributed by atoms with van der Waals surface area (Å²) >= 11 is 5.41. The maximum atomic E-state index is 13.4. The molecular weight excluding hydrogens is 283 g/mol. The van der Waals surface area contributed by atoms with Crippen LogP contribution in [0.5, 0.6) is 0 Å². The summed E-state index contributed by atoms with van der Waals surface area (Å²) in [7, 11) is 0. The molecule has 0 fully saturated rings. The molecule has 2 rings (SSSR count). The van der Waals surface area contributed by atoms with Gasteiger partial charge in [0, 0.05) is 0 Å². The van der Waals surface area contributed by atoms with Crippen LogP contribution >= 0.6 is 11.6 Å². The summed E-state index contributed by atoms with van der Waals surface area (Å²) < 4.78 is 14.2. The van der Waals surface area contributed by atoms with Crippen LogP contribution in [0.25, 0.3) is 0 Å². The first-order chi connectivity index (χ1) is 9.40. The van der Waals surface area contributed by atoms with Gasteiger partial charge < -0.3 is 0 Å². The zero-order valence-corrected chi connectivity index (χ0v) is 11.9. The van der Waals surface area contributed by atoms with Gasteiger partial charge in [0.15, 0.2) is 5.15 Å². The second-order valence-electron chi connectivity index (χ2n) is 4.85. The third-order valence-corrected chi connectivity index (χ3v) is 3.33. The Kier molecular flexibility index (Phi) is 4.09. The number of halogens is 2.